The summed E-state index contributed by atoms with van der Waals surface area (Å²) >= 11 is 3.52. The van der Waals surface area contributed by atoms with E-state index in [4.69, 9.17) is 0 Å². The molecule has 0 amide bonds. The summed E-state index contributed by atoms with van der Waals surface area (Å²) in [5, 5.41) is 8.60. The third-order valence-electron chi connectivity index (χ3n) is 3.23. The molecule has 0 unspecified atom stereocenters. The molecule has 0 aliphatic carbocycles. The Balaban J connectivity index is 2.26. The van der Waals surface area contributed by atoms with Crippen LogP contribution in [0, 0.1) is 6.92 Å². The lowest BCUT2D eigenvalue weighted by atomic mass is 10.1. The van der Waals surface area contributed by atoms with Crippen LogP contribution in [0.4, 0.5) is 0 Å². The van der Waals surface area contributed by atoms with Crippen LogP contribution in [0.5, 0.6) is 0 Å². The molecule has 0 radical (unpaired) electrons. The van der Waals surface area contributed by atoms with E-state index in [1.807, 2.05) is 34.0 Å². The molecular formula is C13H17BrN4O. The Labute approximate surface area is 120 Å². The molecule has 2 rings (SSSR count). The molecule has 5 nitrogen and oxygen atoms in total. The highest BCUT2D eigenvalue weighted by Gasteiger charge is 2.18. The predicted molar refractivity (Wildman–Crippen MR) is 76.3 cm³/mol. The Morgan fingerprint density at radius 1 is 1.32 bits per heavy atom. The number of carbonyl (C=O) groups is 1. The highest BCUT2D eigenvalue weighted by molar-refractivity contribution is 9.10. The summed E-state index contributed by atoms with van der Waals surface area (Å²) in [6, 6.07) is 1.81. The van der Waals surface area contributed by atoms with E-state index >= 15 is 0 Å². The molecule has 19 heavy (non-hydrogen) atoms. The van der Waals surface area contributed by atoms with Gasteiger partial charge in [0, 0.05) is 19.8 Å². The van der Waals surface area contributed by atoms with Crippen LogP contribution in [0.3, 0.4) is 0 Å². The van der Waals surface area contributed by atoms with E-state index in [0.717, 1.165) is 28.0 Å². The van der Waals surface area contributed by atoms with Crippen LogP contribution in [0.1, 0.15) is 34.5 Å². The van der Waals surface area contributed by atoms with Crippen molar-refractivity contribution in [3.05, 3.63) is 33.3 Å². The lowest BCUT2D eigenvalue weighted by molar-refractivity contribution is 0.0985. The van der Waals surface area contributed by atoms with Crippen molar-refractivity contribution in [1.29, 1.82) is 0 Å². The molecule has 2 aromatic heterocycles. The first-order valence-corrected chi connectivity index (χ1v) is 6.97. The molecule has 0 bridgehead atoms. The van der Waals surface area contributed by atoms with Crippen molar-refractivity contribution in [2.45, 2.75) is 26.7 Å². The highest BCUT2D eigenvalue weighted by atomic mass is 79.9. The number of Topliss-reactive ketones (excluding diaryl/α,β-unsaturated/α-hetero) is 1. The lowest BCUT2D eigenvalue weighted by Gasteiger charge is -2.00. The normalized spacial score (nSPS) is 11.0. The van der Waals surface area contributed by atoms with Crippen LogP contribution in [0.15, 0.2) is 10.5 Å². The monoisotopic (exact) mass is 324 g/mol. The van der Waals surface area contributed by atoms with Gasteiger partial charge in [0.25, 0.3) is 0 Å². The first-order chi connectivity index (χ1) is 8.93. The molecule has 102 valence electrons. The van der Waals surface area contributed by atoms with E-state index in [9.17, 15) is 4.79 Å². The molecule has 0 saturated carbocycles. The molecule has 2 heterocycles. The standard InChI is InChI=1S/C13H17BrN4O/c1-5-9-13(14)11(18(4)15-9)7-12(19)10-6-8(2)17(3)16-10/h6H,5,7H2,1-4H3. The van der Waals surface area contributed by atoms with Crippen molar-refractivity contribution in [2.24, 2.45) is 14.1 Å². The minimum absolute atomic E-state index is 0.00931. The van der Waals surface area contributed by atoms with Crippen molar-refractivity contribution in [1.82, 2.24) is 19.6 Å². The summed E-state index contributed by atoms with van der Waals surface area (Å²) in [5.41, 5.74) is 3.35. The largest absolute Gasteiger partial charge is 0.292 e. The van der Waals surface area contributed by atoms with E-state index in [1.165, 1.54) is 0 Å². The Kier molecular flexibility index (Phi) is 3.89. The van der Waals surface area contributed by atoms with Crippen molar-refractivity contribution in [3.8, 4) is 0 Å². The number of aryl methyl sites for hydroxylation is 4. The first kappa shape index (κ1) is 14.0. The smallest absolute Gasteiger partial charge is 0.189 e. The number of rotatable bonds is 4. The molecule has 0 aromatic carbocycles. The third-order valence-corrected chi connectivity index (χ3v) is 4.15. The van der Waals surface area contributed by atoms with Gasteiger partial charge in [0.05, 0.1) is 22.3 Å². The Morgan fingerprint density at radius 2 is 2.00 bits per heavy atom. The number of halogens is 1. The third kappa shape index (κ3) is 2.63. The summed E-state index contributed by atoms with van der Waals surface area (Å²) in [6.07, 6.45) is 1.14. The van der Waals surface area contributed by atoms with Crippen molar-refractivity contribution < 1.29 is 4.79 Å². The Morgan fingerprint density at radius 3 is 2.47 bits per heavy atom. The minimum atomic E-state index is 0.00931. The number of nitrogens with zero attached hydrogens (tertiary/aromatic N) is 4. The maximum absolute atomic E-state index is 12.2. The van der Waals surface area contributed by atoms with Gasteiger partial charge in [0.1, 0.15) is 5.69 Å². The summed E-state index contributed by atoms with van der Waals surface area (Å²) in [5.74, 6) is 0.00931. The van der Waals surface area contributed by atoms with Gasteiger partial charge in [-0.15, -0.1) is 0 Å². The molecule has 2 aromatic rings. The second-order valence-electron chi connectivity index (χ2n) is 4.58. The van der Waals surface area contributed by atoms with Crippen LogP contribution in [0.2, 0.25) is 0 Å². The van der Waals surface area contributed by atoms with Crippen LogP contribution < -0.4 is 0 Å². The zero-order chi connectivity index (χ0) is 14.2. The SMILES string of the molecule is CCc1nn(C)c(CC(=O)c2cc(C)n(C)n2)c1Br. The zero-order valence-electron chi connectivity index (χ0n) is 11.6. The average molecular weight is 325 g/mol. The number of carbonyl (C=O) groups excluding carboxylic acids is 1. The maximum atomic E-state index is 12.2. The fourth-order valence-electron chi connectivity index (χ4n) is 1.95. The number of hydrogen-bond donors (Lipinski definition) is 0. The van der Waals surface area contributed by atoms with Crippen molar-refractivity contribution >= 4 is 21.7 Å². The maximum Gasteiger partial charge on any atom is 0.189 e. The summed E-state index contributed by atoms with van der Waals surface area (Å²) in [6.45, 7) is 3.97. The lowest BCUT2D eigenvalue weighted by Crippen LogP contribution is -2.09. The Hall–Kier alpha value is -1.43. The van der Waals surface area contributed by atoms with E-state index < -0.39 is 0 Å². The first-order valence-electron chi connectivity index (χ1n) is 6.18. The molecular weight excluding hydrogens is 308 g/mol. The molecule has 0 N–H and O–H groups in total. The van der Waals surface area contributed by atoms with Gasteiger partial charge >= 0.3 is 0 Å². The van der Waals surface area contributed by atoms with Gasteiger partial charge in [0.2, 0.25) is 0 Å². The Bertz CT molecular complexity index is 607. The van der Waals surface area contributed by atoms with Gasteiger partial charge < -0.3 is 0 Å². The van der Waals surface area contributed by atoms with E-state index in [2.05, 4.69) is 26.1 Å². The molecule has 0 spiro atoms. The summed E-state index contributed by atoms with van der Waals surface area (Å²) < 4.78 is 4.40. The van der Waals surface area contributed by atoms with Gasteiger partial charge in [-0.1, -0.05) is 6.92 Å². The van der Waals surface area contributed by atoms with Crippen molar-refractivity contribution in [3.63, 3.8) is 0 Å². The zero-order valence-corrected chi connectivity index (χ0v) is 13.2. The number of hydrogen-bond acceptors (Lipinski definition) is 3. The topological polar surface area (TPSA) is 52.7 Å². The highest BCUT2D eigenvalue weighted by Crippen LogP contribution is 2.22. The van der Waals surface area contributed by atoms with Gasteiger partial charge in [-0.05, 0) is 35.3 Å². The second-order valence-corrected chi connectivity index (χ2v) is 5.37. The van der Waals surface area contributed by atoms with Gasteiger partial charge in [-0.2, -0.15) is 10.2 Å². The molecule has 0 atom stereocenters. The second kappa shape index (κ2) is 5.28. The number of ketones is 1. The molecule has 0 saturated heterocycles. The quantitative estimate of drug-likeness (QED) is 0.810. The van der Waals surface area contributed by atoms with Crippen LogP contribution >= 0.6 is 15.9 Å². The average Bonchev–Trinajstić information content (AvgIpc) is 2.84. The molecule has 0 fully saturated rings. The summed E-state index contributed by atoms with van der Waals surface area (Å²) in [4.78, 5) is 12.2. The van der Waals surface area contributed by atoms with E-state index in [0.29, 0.717) is 12.1 Å². The van der Waals surface area contributed by atoms with Crippen LogP contribution in [-0.4, -0.2) is 25.3 Å². The summed E-state index contributed by atoms with van der Waals surface area (Å²) in [7, 11) is 3.69. The van der Waals surface area contributed by atoms with Crippen molar-refractivity contribution in [2.75, 3.05) is 0 Å². The van der Waals surface area contributed by atoms with E-state index in [-0.39, 0.29) is 5.78 Å². The van der Waals surface area contributed by atoms with Crippen LogP contribution in [-0.2, 0) is 26.9 Å². The minimum Gasteiger partial charge on any atom is -0.292 e. The fraction of sp³-hybridized carbons (Fsp3) is 0.462. The number of aromatic nitrogens is 4. The van der Waals surface area contributed by atoms with Gasteiger partial charge in [-0.25, -0.2) is 0 Å². The van der Waals surface area contributed by atoms with Gasteiger partial charge in [-0.3, -0.25) is 14.2 Å². The fourth-order valence-corrected chi connectivity index (χ4v) is 2.71. The molecule has 6 heteroatoms. The molecule has 0 aliphatic rings. The van der Waals surface area contributed by atoms with E-state index in [1.54, 1.807) is 9.36 Å². The van der Waals surface area contributed by atoms with Gasteiger partial charge in [0.15, 0.2) is 5.78 Å². The predicted octanol–water partition coefficient (Wildman–Crippen LogP) is 2.21. The van der Waals surface area contributed by atoms with Crippen LogP contribution in [0.25, 0.3) is 0 Å². The molecule has 0 aliphatic heterocycles.